The van der Waals surface area contributed by atoms with Crippen LogP contribution < -0.4 is 5.73 Å². The predicted molar refractivity (Wildman–Crippen MR) is 68.2 cm³/mol. The van der Waals surface area contributed by atoms with Gasteiger partial charge in [-0.1, -0.05) is 12.1 Å². The Balaban J connectivity index is 1.98. The first-order valence-electron chi connectivity index (χ1n) is 6.26. The molecule has 2 rings (SSSR count). The summed E-state index contributed by atoms with van der Waals surface area (Å²) in [5.74, 6) is 0.213. The van der Waals surface area contributed by atoms with Crippen LogP contribution in [0.2, 0.25) is 0 Å². The maximum Gasteiger partial charge on any atom is 0.123 e. The molecule has 1 saturated heterocycles. The Morgan fingerprint density at radius 1 is 1.44 bits per heavy atom. The van der Waals surface area contributed by atoms with E-state index in [4.69, 9.17) is 11.0 Å². The summed E-state index contributed by atoms with van der Waals surface area (Å²) in [6.45, 7) is 2.08. The first kappa shape index (κ1) is 13.0. The first-order chi connectivity index (χ1) is 8.67. The quantitative estimate of drug-likeness (QED) is 0.824. The summed E-state index contributed by atoms with van der Waals surface area (Å²) in [4.78, 5) is 2.08. The van der Waals surface area contributed by atoms with Crippen molar-refractivity contribution in [1.29, 1.82) is 5.26 Å². The number of nitrogens with zero attached hydrogens (tertiary/aromatic N) is 2. The molecular formula is C14H18FN3. The smallest absolute Gasteiger partial charge is 0.123 e. The van der Waals surface area contributed by atoms with Gasteiger partial charge < -0.3 is 5.73 Å². The summed E-state index contributed by atoms with van der Waals surface area (Å²) in [6, 6.07) is 8.99. The minimum absolute atomic E-state index is 0.116. The largest absolute Gasteiger partial charge is 0.327 e. The molecule has 18 heavy (non-hydrogen) atoms. The van der Waals surface area contributed by atoms with Crippen LogP contribution >= 0.6 is 0 Å². The molecule has 0 aromatic heterocycles. The summed E-state index contributed by atoms with van der Waals surface area (Å²) in [6.07, 6.45) is 1.77. The standard InChI is InChI=1S/C14H18FN3/c15-13-3-1-2-11(7-13)6-12-8-14(17)10-18(9-12)5-4-16/h1-3,7,12,14H,5-6,8-10,17H2. The van der Waals surface area contributed by atoms with Crippen LogP contribution in [0.4, 0.5) is 4.39 Å². The van der Waals surface area contributed by atoms with Crippen molar-refractivity contribution in [2.45, 2.75) is 18.9 Å². The number of nitriles is 1. The number of nitrogens with two attached hydrogens (primary N) is 1. The van der Waals surface area contributed by atoms with Crippen LogP contribution in [0.25, 0.3) is 0 Å². The first-order valence-corrected chi connectivity index (χ1v) is 6.26. The Morgan fingerprint density at radius 3 is 3.00 bits per heavy atom. The van der Waals surface area contributed by atoms with Gasteiger partial charge in [0.2, 0.25) is 0 Å². The van der Waals surface area contributed by atoms with Gasteiger partial charge >= 0.3 is 0 Å². The van der Waals surface area contributed by atoms with E-state index in [1.165, 1.54) is 6.07 Å². The summed E-state index contributed by atoms with van der Waals surface area (Å²) < 4.78 is 13.1. The number of benzene rings is 1. The Morgan fingerprint density at radius 2 is 2.28 bits per heavy atom. The molecule has 0 bridgehead atoms. The maximum absolute atomic E-state index is 13.1. The van der Waals surface area contributed by atoms with Gasteiger partial charge in [0.15, 0.2) is 0 Å². The number of likely N-dealkylation sites (tertiary alicyclic amines) is 1. The number of rotatable bonds is 3. The van der Waals surface area contributed by atoms with Gasteiger partial charge in [-0.25, -0.2) is 4.39 Å². The zero-order chi connectivity index (χ0) is 13.0. The molecule has 1 aromatic carbocycles. The van der Waals surface area contributed by atoms with Gasteiger partial charge in [0, 0.05) is 19.1 Å². The van der Waals surface area contributed by atoms with Crippen molar-refractivity contribution in [2.75, 3.05) is 19.6 Å². The molecule has 1 aliphatic heterocycles. The number of hydrogen-bond acceptors (Lipinski definition) is 3. The van der Waals surface area contributed by atoms with Gasteiger partial charge in [-0.15, -0.1) is 0 Å². The van der Waals surface area contributed by atoms with Crippen LogP contribution in [0.3, 0.4) is 0 Å². The van der Waals surface area contributed by atoms with E-state index in [0.29, 0.717) is 12.5 Å². The number of piperidine rings is 1. The van der Waals surface area contributed by atoms with Crippen LogP contribution in [0.1, 0.15) is 12.0 Å². The van der Waals surface area contributed by atoms with E-state index < -0.39 is 0 Å². The molecule has 1 aliphatic rings. The van der Waals surface area contributed by atoms with Gasteiger partial charge in [-0.2, -0.15) is 5.26 Å². The molecular weight excluding hydrogens is 229 g/mol. The van der Waals surface area contributed by atoms with E-state index in [-0.39, 0.29) is 11.9 Å². The van der Waals surface area contributed by atoms with E-state index in [0.717, 1.165) is 31.5 Å². The van der Waals surface area contributed by atoms with E-state index >= 15 is 0 Å². The monoisotopic (exact) mass is 247 g/mol. The normalized spacial score (nSPS) is 24.7. The SMILES string of the molecule is N#CCN1CC(N)CC(Cc2cccc(F)c2)C1. The van der Waals surface area contributed by atoms with Crippen molar-refractivity contribution >= 4 is 0 Å². The molecule has 1 heterocycles. The second-order valence-corrected chi connectivity index (χ2v) is 5.05. The fourth-order valence-corrected chi connectivity index (χ4v) is 2.72. The van der Waals surface area contributed by atoms with Crippen LogP contribution in [0, 0.1) is 23.1 Å². The molecule has 0 amide bonds. The minimum Gasteiger partial charge on any atom is -0.327 e. The molecule has 2 N–H and O–H groups in total. The zero-order valence-corrected chi connectivity index (χ0v) is 10.3. The van der Waals surface area contributed by atoms with E-state index in [1.54, 1.807) is 12.1 Å². The topological polar surface area (TPSA) is 53.0 Å². The van der Waals surface area contributed by atoms with Gasteiger partial charge in [0.1, 0.15) is 5.82 Å². The van der Waals surface area contributed by atoms with Gasteiger partial charge in [0.05, 0.1) is 12.6 Å². The third-order valence-electron chi connectivity index (χ3n) is 3.35. The third kappa shape index (κ3) is 3.52. The highest BCUT2D eigenvalue weighted by atomic mass is 19.1. The van der Waals surface area contributed by atoms with Crippen LogP contribution in [-0.2, 0) is 6.42 Å². The second kappa shape index (κ2) is 5.94. The maximum atomic E-state index is 13.1. The lowest BCUT2D eigenvalue weighted by Gasteiger charge is -2.35. The van der Waals surface area contributed by atoms with Crippen molar-refractivity contribution in [3.8, 4) is 6.07 Å². The van der Waals surface area contributed by atoms with E-state index in [2.05, 4.69) is 11.0 Å². The second-order valence-electron chi connectivity index (χ2n) is 5.05. The Bertz CT molecular complexity index is 441. The van der Waals surface area contributed by atoms with Crippen molar-refractivity contribution in [3.63, 3.8) is 0 Å². The molecule has 1 fully saturated rings. The molecule has 4 heteroatoms. The molecule has 1 aromatic rings. The highest BCUT2D eigenvalue weighted by molar-refractivity contribution is 5.17. The minimum atomic E-state index is -0.193. The molecule has 2 unspecified atom stereocenters. The summed E-state index contributed by atoms with van der Waals surface area (Å²) in [5.41, 5.74) is 7.01. The Kier molecular flexibility index (Phi) is 4.29. The highest BCUT2D eigenvalue weighted by Crippen LogP contribution is 2.20. The predicted octanol–water partition coefficient (Wildman–Crippen LogP) is 1.54. The fourth-order valence-electron chi connectivity index (χ4n) is 2.72. The molecule has 2 atom stereocenters. The lowest BCUT2D eigenvalue weighted by Crippen LogP contribution is -2.47. The summed E-state index contributed by atoms with van der Waals surface area (Å²) >= 11 is 0. The van der Waals surface area contributed by atoms with E-state index in [1.807, 2.05) is 6.07 Å². The van der Waals surface area contributed by atoms with Crippen LogP contribution in [-0.4, -0.2) is 30.6 Å². The third-order valence-corrected chi connectivity index (χ3v) is 3.35. The molecule has 0 saturated carbocycles. The lowest BCUT2D eigenvalue weighted by molar-refractivity contribution is 0.172. The van der Waals surface area contributed by atoms with Crippen molar-refractivity contribution < 1.29 is 4.39 Å². The lowest BCUT2D eigenvalue weighted by atomic mass is 9.89. The molecule has 96 valence electrons. The van der Waals surface area contributed by atoms with Gasteiger partial charge in [-0.3, -0.25) is 4.90 Å². The average molecular weight is 247 g/mol. The average Bonchev–Trinajstić information content (AvgIpc) is 2.28. The molecule has 0 aliphatic carbocycles. The fraction of sp³-hybridized carbons (Fsp3) is 0.500. The van der Waals surface area contributed by atoms with Crippen molar-refractivity contribution in [1.82, 2.24) is 4.90 Å². The zero-order valence-electron chi connectivity index (χ0n) is 10.3. The summed E-state index contributed by atoms with van der Waals surface area (Å²) in [5, 5.41) is 8.74. The number of halogens is 1. The van der Waals surface area contributed by atoms with Crippen LogP contribution in [0.5, 0.6) is 0 Å². The highest BCUT2D eigenvalue weighted by Gasteiger charge is 2.24. The molecule has 0 radical (unpaired) electrons. The van der Waals surface area contributed by atoms with Crippen LogP contribution in [0.15, 0.2) is 24.3 Å². The number of hydrogen-bond donors (Lipinski definition) is 1. The Hall–Kier alpha value is -1.44. The Labute approximate surface area is 107 Å². The van der Waals surface area contributed by atoms with Gasteiger partial charge in [-0.05, 0) is 36.5 Å². The van der Waals surface area contributed by atoms with E-state index in [9.17, 15) is 4.39 Å². The van der Waals surface area contributed by atoms with Crippen molar-refractivity contribution in [3.05, 3.63) is 35.6 Å². The molecule has 3 nitrogen and oxygen atoms in total. The van der Waals surface area contributed by atoms with Gasteiger partial charge in [0.25, 0.3) is 0 Å². The molecule has 0 spiro atoms. The van der Waals surface area contributed by atoms with Crippen molar-refractivity contribution in [2.24, 2.45) is 11.7 Å². The summed E-state index contributed by atoms with van der Waals surface area (Å²) in [7, 11) is 0.